The molecule has 9 atom stereocenters. The molecular formula is C49H57ClN2O13. The number of fused-ring (bicyclic) bond motifs is 14. The summed E-state index contributed by atoms with van der Waals surface area (Å²) < 4.78 is 29.9. The molecule has 7 rings (SSSR count). The Balaban J connectivity index is 1.55. The molecule has 9 unspecified atom stereocenters. The average Bonchev–Trinajstić information content (AvgIpc) is 3.89. The molecule has 0 aromatic heterocycles. The molecule has 4 aliphatic heterocycles. The second kappa shape index (κ2) is 19.5. The predicted octanol–water partition coefficient (Wildman–Crippen LogP) is 6.53. The normalized spacial score (nSPS) is 28.8. The molecule has 1 fully saturated rings. The Labute approximate surface area is 383 Å². The summed E-state index contributed by atoms with van der Waals surface area (Å²) >= 11 is 6.37. The van der Waals surface area contributed by atoms with E-state index in [1.54, 1.807) is 57.7 Å². The van der Waals surface area contributed by atoms with E-state index in [1.165, 1.54) is 65.4 Å². The van der Waals surface area contributed by atoms with Crippen LogP contribution in [0.5, 0.6) is 11.5 Å². The van der Waals surface area contributed by atoms with Gasteiger partial charge < -0.3 is 44.1 Å². The number of Topliss-reactive ketones (excluding diaryl/α,β-unsaturated/α-hetero) is 3. The zero-order valence-electron chi connectivity index (χ0n) is 38.3. The van der Waals surface area contributed by atoms with E-state index in [4.69, 9.17) is 35.3 Å². The topological polar surface area (TPSA) is 204 Å². The molecule has 16 heteroatoms. The van der Waals surface area contributed by atoms with Gasteiger partial charge in [-0.15, -0.1) is 0 Å². The first-order chi connectivity index (χ1) is 30.6. The van der Waals surface area contributed by atoms with Crippen molar-refractivity contribution in [2.45, 2.75) is 105 Å². The van der Waals surface area contributed by atoms with Crippen molar-refractivity contribution in [3.63, 3.8) is 0 Å². The Morgan fingerprint density at radius 2 is 1.58 bits per heavy atom. The van der Waals surface area contributed by atoms with Gasteiger partial charge in [-0.3, -0.25) is 24.0 Å². The molecule has 348 valence electrons. The third-order valence-corrected chi connectivity index (χ3v) is 13.3. The van der Waals surface area contributed by atoms with Gasteiger partial charge in [-0.2, -0.15) is 0 Å². The molecule has 1 aliphatic carbocycles. The smallest absolute Gasteiger partial charge is 0.343 e. The van der Waals surface area contributed by atoms with Crippen molar-refractivity contribution in [3.8, 4) is 11.5 Å². The van der Waals surface area contributed by atoms with Crippen LogP contribution < -0.4 is 14.8 Å². The first-order valence-electron chi connectivity index (χ1n) is 21.7. The highest BCUT2D eigenvalue weighted by atomic mass is 35.5. The Kier molecular flexibility index (Phi) is 14.6. The second-order valence-electron chi connectivity index (χ2n) is 17.5. The number of methoxy groups -OCH3 is 1. The van der Waals surface area contributed by atoms with Crippen LogP contribution in [0.2, 0.25) is 5.02 Å². The van der Waals surface area contributed by atoms with Crippen molar-refractivity contribution in [2.75, 3.05) is 20.2 Å². The lowest BCUT2D eigenvalue weighted by molar-refractivity contribution is -0.160. The molecule has 2 aromatic carbocycles. The van der Waals surface area contributed by atoms with Crippen LogP contribution in [-0.2, 0) is 23.8 Å². The van der Waals surface area contributed by atoms with Crippen LogP contribution in [0.4, 0.5) is 0 Å². The fourth-order valence-electron chi connectivity index (χ4n) is 8.90. The summed E-state index contributed by atoms with van der Waals surface area (Å²) in [6, 6.07) is 4.51. The number of ether oxygens (including phenoxy) is 5. The number of nitrogens with zero attached hydrogens (tertiary/aromatic N) is 1. The number of aryl methyl sites for hydroxylation is 1. The summed E-state index contributed by atoms with van der Waals surface area (Å²) in [5.74, 6) is -10.1. The maximum Gasteiger partial charge on any atom is 0.343 e. The number of hydrogen-bond acceptors (Lipinski definition) is 14. The SMILES string of the molecule is COC1C=COC2(C)Oc3c(C)c(OC(=O)c4ccc(C)c(Cl)c4)c4c(c3C2=O)C(=O)C(N2CCCC2)=C(NC(=O)C(C)=CC=CC(C)C(O)C(C)C(O)C(C)C(OC(C)=O)C1C)C4=O. The third-order valence-electron chi connectivity index (χ3n) is 12.9. The number of carbonyl (C=O) groups excluding carboxylic acids is 6. The molecule has 65 heavy (non-hydrogen) atoms. The average molecular weight is 917 g/mol. The van der Waals surface area contributed by atoms with Crippen molar-refractivity contribution in [1.29, 1.82) is 0 Å². The van der Waals surface area contributed by atoms with Gasteiger partial charge in [-0.05, 0) is 57.4 Å². The predicted molar refractivity (Wildman–Crippen MR) is 238 cm³/mol. The van der Waals surface area contributed by atoms with Crippen molar-refractivity contribution in [3.05, 3.63) is 104 Å². The minimum atomic E-state index is -2.15. The van der Waals surface area contributed by atoms with Crippen LogP contribution in [0.15, 0.2) is 65.7 Å². The second-order valence-corrected chi connectivity index (χ2v) is 17.9. The van der Waals surface area contributed by atoms with Gasteiger partial charge >= 0.3 is 17.7 Å². The van der Waals surface area contributed by atoms with Crippen LogP contribution in [0.3, 0.4) is 0 Å². The minimum Gasteiger partial charge on any atom is -0.462 e. The van der Waals surface area contributed by atoms with Gasteiger partial charge in [0.25, 0.3) is 11.7 Å². The maximum absolute atomic E-state index is 15.2. The largest absolute Gasteiger partial charge is 0.462 e. The highest BCUT2D eigenvalue weighted by Gasteiger charge is 2.54. The highest BCUT2D eigenvalue weighted by Crippen LogP contribution is 2.50. The molecule has 1 amide bonds. The molecule has 5 bridgehead atoms. The number of halogens is 1. The fraction of sp³-hybridized carbons (Fsp3) is 0.469. The zero-order valence-corrected chi connectivity index (χ0v) is 39.0. The molecule has 3 N–H and O–H groups in total. The molecule has 2 aromatic rings. The van der Waals surface area contributed by atoms with E-state index >= 15 is 9.59 Å². The lowest BCUT2D eigenvalue weighted by Gasteiger charge is -2.38. The van der Waals surface area contributed by atoms with E-state index < -0.39 is 94.6 Å². The van der Waals surface area contributed by atoms with E-state index in [1.807, 2.05) is 0 Å². The van der Waals surface area contributed by atoms with Crippen molar-refractivity contribution >= 4 is 46.8 Å². The number of ketones is 3. The Hall–Kier alpha value is -5.61. The van der Waals surface area contributed by atoms with Gasteiger partial charge in [0.1, 0.15) is 29.0 Å². The number of allylic oxidation sites excluding steroid dienone is 4. The number of amides is 1. The third kappa shape index (κ3) is 9.42. The quantitative estimate of drug-likeness (QED) is 0.216. The lowest BCUT2D eigenvalue weighted by atomic mass is 9.78. The first kappa shape index (κ1) is 48.8. The number of aliphatic hydroxyl groups is 2. The number of likely N-dealkylation sites (tertiary alicyclic amines) is 1. The Morgan fingerprint density at radius 3 is 2.22 bits per heavy atom. The number of aliphatic hydroxyl groups excluding tert-OH is 2. The summed E-state index contributed by atoms with van der Waals surface area (Å²) in [6.45, 7) is 14.9. The summed E-state index contributed by atoms with van der Waals surface area (Å²) in [5.41, 5.74) is -0.720. The van der Waals surface area contributed by atoms with Gasteiger partial charge in [-0.1, -0.05) is 63.6 Å². The van der Waals surface area contributed by atoms with Crippen molar-refractivity contribution in [1.82, 2.24) is 10.2 Å². The molecule has 1 saturated heterocycles. The van der Waals surface area contributed by atoms with Gasteiger partial charge in [0.2, 0.25) is 11.6 Å². The fourth-order valence-corrected chi connectivity index (χ4v) is 9.08. The number of esters is 2. The number of carbonyl (C=O) groups is 6. The van der Waals surface area contributed by atoms with E-state index in [2.05, 4.69) is 5.32 Å². The van der Waals surface area contributed by atoms with Gasteiger partial charge in [0.05, 0.1) is 46.8 Å². The minimum absolute atomic E-state index is 0.0174. The Bertz CT molecular complexity index is 2430. The summed E-state index contributed by atoms with van der Waals surface area (Å²) in [5, 5.41) is 26.0. The van der Waals surface area contributed by atoms with Gasteiger partial charge in [0.15, 0.2) is 0 Å². The standard InChI is InChI=1S/C49H57ClN2O13/c1-23-16-17-31(22-32(23)50)48(60)64-44-29(7)45-36-34-35(44)41(56)37(38(42(34)57)52-19-11-12-20-52)51-47(59)25(3)15-13-14-24(2)39(54)27(5)40(55)28(6)43(63-30(8)53)26(4)33(61-10)18-21-62-49(9,65-45)46(36)58/h13-18,21-22,24,26-28,33,39-40,43,54-55H,11-12,19-20H2,1-10H3,(H,51,59). The summed E-state index contributed by atoms with van der Waals surface area (Å²) in [7, 11) is 1.42. The van der Waals surface area contributed by atoms with Crippen LogP contribution in [0, 0.1) is 37.5 Å². The van der Waals surface area contributed by atoms with Gasteiger partial charge in [0, 0.05) is 73.9 Å². The molecule has 15 nitrogen and oxygen atoms in total. The molecule has 0 radical (unpaired) electrons. The highest BCUT2D eigenvalue weighted by molar-refractivity contribution is 6.33. The van der Waals surface area contributed by atoms with Crippen molar-refractivity contribution in [2.24, 2.45) is 23.7 Å². The van der Waals surface area contributed by atoms with Crippen LogP contribution in [0.25, 0.3) is 0 Å². The number of hydrogen-bond donors (Lipinski definition) is 3. The van der Waals surface area contributed by atoms with Gasteiger partial charge in [-0.25, -0.2) is 4.79 Å². The monoisotopic (exact) mass is 916 g/mol. The summed E-state index contributed by atoms with van der Waals surface area (Å²) in [4.78, 5) is 87.1. The molecule has 0 spiro atoms. The van der Waals surface area contributed by atoms with E-state index in [-0.39, 0.29) is 55.7 Å². The molecular weight excluding hydrogens is 860 g/mol. The molecule has 0 saturated carbocycles. The Morgan fingerprint density at radius 1 is 0.908 bits per heavy atom. The molecule has 5 aliphatic rings. The van der Waals surface area contributed by atoms with E-state index in [0.717, 1.165) is 0 Å². The van der Waals surface area contributed by atoms with Crippen molar-refractivity contribution < 1.29 is 62.7 Å². The zero-order chi connectivity index (χ0) is 47.8. The lowest BCUT2D eigenvalue weighted by Crippen LogP contribution is -2.46. The van der Waals surface area contributed by atoms with Crippen LogP contribution >= 0.6 is 11.6 Å². The van der Waals surface area contributed by atoms with Crippen LogP contribution in [0.1, 0.15) is 114 Å². The summed E-state index contributed by atoms with van der Waals surface area (Å²) in [6.07, 6.45) is 4.69. The number of benzene rings is 2. The van der Waals surface area contributed by atoms with Crippen LogP contribution in [-0.4, -0.2) is 101 Å². The van der Waals surface area contributed by atoms with E-state index in [9.17, 15) is 29.4 Å². The van der Waals surface area contributed by atoms with E-state index in [0.29, 0.717) is 31.5 Å². The maximum atomic E-state index is 15.2. The number of rotatable bonds is 5. The molecule has 4 heterocycles. The number of nitrogens with one attached hydrogen (secondary N) is 1. The first-order valence-corrected chi connectivity index (χ1v) is 22.1.